The van der Waals surface area contributed by atoms with Crippen molar-refractivity contribution in [1.82, 2.24) is 4.90 Å². The van der Waals surface area contributed by atoms with Crippen LogP contribution in [0.2, 0.25) is 0 Å². The van der Waals surface area contributed by atoms with Gasteiger partial charge in [-0.15, -0.1) is 13.2 Å². The van der Waals surface area contributed by atoms with Gasteiger partial charge in [-0.3, -0.25) is 0 Å². The van der Waals surface area contributed by atoms with Crippen LogP contribution in [0.15, 0.2) is 36.4 Å². The van der Waals surface area contributed by atoms with Crippen molar-refractivity contribution >= 4 is 11.8 Å². The van der Waals surface area contributed by atoms with Gasteiger partial charge < -0.3 is 25.2 Å². The number of halogens is 3. The van der Waals surface area contributed by atoms with Crippen molar-refractivity contribution in [2.45, 2.75) is 19.0 Å². The first-order chi connectivity index (χ1) is 13.7. The van der Waals surface area contributed by atoms with Crippen molar-refractivity contribution in [2.75, 3.05) is 32.6 Å². The fourth-order valence-corrected chi connectivity index (χ4v) is 3.50. The van der Waals surface area contributed by atoms with Gasteiger partial charge in [0.15, 0.2) is 0 Å². The monoisotopic (exact) mass is 408 g/mol. The number of aliphatic hydroxyl groups is 2. The number of aliphatic hydroxyl groups excluding tert-OH is 2. The van der Waals surface area contributed by atoms with Gasteiger partial charge in [-0.2, -0.15) is 0 Å². The van der Waals surface area contributed by atoms with E-state index in [0.29, 0.717) is 24.2 Å². The van der Waals surface area contributed by atoms with E-state index in [2.05, 4.69) is 10.1 Å². The van der Waals surface area contributed by atoms with Crippen LogP contribution in [0.25, 0.3) is 17.2 Å². The molecule has 2 aromatic carbocycles. The number of ether oxygens (including phenoxy) is 1. The van der Waals surface area contributed by atoms with Gasteiger partial charge in [0.05, 0.1) is 6.61 Å². The van der Waals surface area contributed by atoms with E-state index >= 15 is 0 Å². The highest BCUT2D eigenvalue weighted by atomic mass is 19.4. The molecule has 3 rings (SSSR count). The van der Waals surface area contributed by atoms with Crippen LogP contribution >= 0.6 is 0 Å². The molecule has 0 saturated heterocycles. The fraction of sp³-hybridized carbons (Fsp3) is 0.333. The molecule has 29 heavy (non-hydrogen) atoms. The zero-order chi connectivity index (χ0) is 21.2. The predicted molar refractivity (Wildman–Crippen MR) is 106 cm³/mol. The Kier molecular flexibility index (Phi) is 6.16. The molecule has 0 aliphatic carbocycles. The molecule has 0 amide bonds. The maximum absolute atomic E-state index is 12.4. The minimum atomic E-state index is -4.74. The molecule has 0 spiro atoms. The Balaban J connectivity index is 2.13. The summed E-state index contributed by atoms with van der Waals surface area (Å²) in [6.45, 7) is 0.691. The number of hydrogen-bond donors (Lipinski definition) is 3. The van der Waals surface area contributed by atoms with Gasteiger partial charge in [0, 0.05) is 29.9 Å². The maximum Gasteiger partial charge on any atom is 0.573 e. The summed E-state index contributed by atoms with van der Waals surface area (Å²) < 4.78 is 41.2. The smallest absolute Gasteiger partial charge is 0.406 e. The third-order valence-electron chi connectivity index (χ3n) is 4.57. The van der Waals surface area contributed by atoms with Gasteiger partial charge in [0.1, 0.15) is 11.9 Å². The number of fused-ring (bicyclic) bond motifs is 1. The normalized spacial score (nSPS) is 14.5. The van der Waals surface area contributed by atoms with Crippen LogP contribution in [-0.2, 0) is 6.54 Å². The van der Waals surface area contributed by atoms with Crippen molar-refractivity contribution in [3.63, 3.8) is 0 Å². The predicted octanol–water partition coefficient (Wildman–Crippen LogP) is 3.78. The summed E-state index contributed by atoms with van der Waals surface area (Å²) in [5.41, 5.74) is 4.51. The first-order valence-corrected chi connectivity index (χ1v) is 9.09. The second kappa shape index (κ2) is 8.44. The first kappa shape index (κ1) is 21.2. The minimum absolute atomic E-state index is 0.288. The average molecular weight is 408 g/mol. The van der Waals surface area contributed by atoms with E-state index < -0.39 is 19.1 Å². The molecule has 0 saturated carbocycles. The summed E-state index contributed by atoms with van der Waals surface area (Å²) in [6.07, 6.45) is -1.98. The van der Waals surface area contributed by atoms with Crippen LogP contribution in [0.5, 0.6) is 5.75 Å². The van der Waals surface area contributed by atoms with Crippen molar-refractivity contribution in [1.29, 1.82) is 0 Å². The number of nitrogens with one attached hydrogen (secondary N) is 1. The molecular weight excluding hydrogens is 385 g/mol. The highest BCUT2D eigenvalue weighted by Gasteiger charge is 2.31. The highest BCUT2D eigenvalue weighted by molar-refractivity contribution is 5.89. The first-order valence-electron chi connectivity index (χ1n) is 9.09. The number of anilines is 1. The number of rotatable bonds is 6. The molecule has 0 radical (unpaired) electrons. The SMILES string of the molecule is CN(C)Cc1cc(-c2ccc(OC(F)(F)F)cc2)c2c(c1C(O)CO)C=CCN2. The van der Waals surface area contributed by atoms with E-state index in [1.807, 2.05) is 37.2 Å². The molecule has 156 valence electrons. The zero-order valence-electron chi connectivity index (χ0n) is 16.1. The highest BCUT2D eigenvalue weighted by Crippen LogP contribution is 2.41. The minimum Gasteiger partial charge on any atom is -0.406 e. The molecular formula is C21H23F3N2O3. The van der Waals surface area contributed by atoms with Crippen molar-refractivity contribution < 1.29 is 28.1 Å². The van der Waals surface area contributed by atoms with Gasteiger partial charge in [0.25, 0.3) is 0 Å². The third kappa shape index (κ3) is 4.90. The van der Waals surface area contributed by atoms with Gasteiger partial charge >= 0.3 is 6.36 Å². The zero-order valence-corrected chi connectivity index (χ0v) is 16.1. The van der Waals surface area contributed by atoms with E-state index in [1.165, 1.54) is 12.1 Å². The molecule has 1 aliphatic heterocycles. The Morgan fingerprint density at radius 2 is 1.90 bits per heavy atom. The maximum atomic E-state index is 12.4. The molecule has 1 heterocycles. The van der Waals surface area contributed by atoms with E-state index in [4.69, 9.17) is 0 Å². The Hall–Kier alpha value is -2.55. The summed E-state index contributed by atoms with van der Waals surface area (Å²) in [7, 11) is 3.79. The summed E-state index contributed by atoms with van der Waals surface area (Å²) >= 11 is 0. The lowest BCUT2D eigenvalue weighted by atomic mass is 9.87. The summed E-state index contributed by atoms with van der Waals surface area (Å²) in [5, 5.41) is 23.3. The van der Waals surface area contributed by atoms with Gasteiger partial charge in [-0.25, -0.2) is 0 Å². The van der Waals surface area contributed by atoms with Gasteiger partial charge in [-0.1, -0.05) is 24.3 Å². The quantitative estimate of drug-likeness (QED) is 0.679. The number of hydrogen-bond acceptors (Lipinski definition) is 5. The van der Waals surface area contributed by atoms with Crippen molar-refractivity contribution in [3.05, 3.63) is 53.1 Å². The van der Waals surface area contributed by atoms with E-state index in [-0.39, 0.29) is 5.75 Å². The standard InChI is InChI=1S/C21H23F3N2O3/c1-26(2)11-14-10-17(13-5-7-15(8-6-13)29-21(22,23)24)20-16(4-3-9-25-20)19(14)18(28)12-27/h3-8,10,18,25,27-28H,9,11-12H2,1-2H3. The molecule has 0 aromatic heterocycles. The van der Waals surface area contributed by atoms with Crippen LogP contribution in [0.4, 0.5) is 18.9 Å². The van der Waals surface area contributed by atoms with Crippen LogP contribution < -0.4 is 10.1 Å². The number of nitrogens with zero attached hydrogens (tertiary/aromatic N) is 1. The molecule has 1 aliphatic rings. The Labute approximate surface area is 167 Å². The third-order valence-corrected chi connectivity index (χ3v) is 4.57. The largest absolute Gasteiger partial charge is 0.573 e. The second-order valence-electron chi connectivity index (χ2n) is 7.08. The molecule has 5 nitrogen and oxygen atoms in total. The van der Waals surface area contributed by atoms with Crippen molar-refractivity contribution in [2.24, 2.45) is 0 Å². The van der Waals surface area contributed by atoms with E-state index in [1.54, 1.807) is 12.1 Å². The summed E-state index contributed by atoms with van der Waals surface area (Å²) in [4.78, 5) is 1.94. The Morgan fingerprint density at radius 3 is 2.48 bits per heavy atom. The lowest BCUT2D eigenvalue weighted by molar-refractivity contribution is -0.274. The van der Waals surface area contributed by atoms with Gasteiger partial charge in [-0.05, 0) is 49.0 Å². The molecule has 0 fully saturated rings. The summed E-state index contributed by atoms with van der Waals surface area (Å²) in [6, 6.07) is 7.58. The molecule has 0 bridgehead atoms. The molecule has 2 aromatic rings. The Bertz CT molecular complexity index is 894. The van der Waals surface area contributed by atoms with E-state index in [0.717, 1.165) is 22.4 Å². The second-order valence-corrected chi connectivity index (χ2v) is 7.08. The van der Waals surface area contributed by atoms with Crippen LogP contribution in [-0.4, -0.2) is 48.7 Å². The number of benzene rings is 2. The molecule has 1 unspecified atom stereocenters. The molecule has 3 N–H and O–H groups in total. The van der Waals surface area contributed by atoms with Crippen LogP contribution in [0.1, 0.15) is 22.8 Å². The lowest BCUT2D eigenvalue weighted by Gasteiger charge is -2.27. The molecule has 1 atom stereocenters. The lowest BCUT2D eigenvalue weighted by Crippen LogP contribution is -2.19. The average Bonchev–Trinajstić information content (AvgIpc) is 2.66. The van der Waals surface area contributed by atoms with Crippen LogP contribution in [0, 0.1) is 0 Å². The van der Waals surface area contributed by atoms with Gasteiger partial charge in [0.2, 0.25) is 0 Å². The van der Waals surface area contributed by atoms with Crippen LogP contribution in [0.3, 0.4) is 0 Å². The molecule has 8 heteroatoms. The summed E-state index contributed by atoms with van der Waals surface area (Å²) in [5.74, 6) is -0.288. The van der Waals surface area contributed by atoms with Crippen molar-refractivity contribution in [3.8, 4) is 16.9 Å². The van der Waals surface area contributed by atoms with E-state index in [9.17, 15) is 23.4 Å². The number of alkyl halides is 3. The Morgan fingerprint density at radius 1 is 1.21 bits per heavy atom. The topological polar surface area (TPSA) is 65.0 Å². The fourth-order valence-electron chi connectivity index (χ4n) is 3.50.